The Morgan fingerprint density at radius 2 is 2.25 bits per heavy atom. The monoisotopic (exact) mass is 120 g/mol. The molecule has 2 heteroatoms. The maximum Gasteiger partial charge on any atom is 0.204 e. The zero-order chi connectivity index (χ0) is 3.41. The highest BCUT2D eigenvalue weighted by atomic mass is 79.9. The summed E-state index contributed by atoms with van der Waals surface area (Å²) >= 11 is 3.25. The average molecular weight is 121 g/mol. The predicted molar refractivity (Wildman–Crippen MR) is 26.6 cm³/mol. The third kappa shape index (κ3) is 2.54. The number of halogens is 1. The van der Waals surface area contributed by atoms with E-state index in [9.17, 15) is 0 Å². The van der Waals surface area contributed by atoms with Crippen LogP contribution in [0.3, 0.4) is 0 Å². The molecule has 4 heavy (non-hydrogen) atoms. The standard InChI is InChI=1S/C2H6BBr/c1-2-3-4/h3H,2H2,1H3. The lowest BCUT2D eigenvalue weighted by Gasteiger charge is -1.61. The van der Waals surface area contributed by atoms with Gasteiger partial charge in [-0.05, 0) is 0 Å². The van der Waals surface area contributed by atoms with Crippen LogP contribution in [0.2, 0.25) is 6.32 Å². The van der Waals surface area contributed by atoms with Gasteiger partial charge in [0.25, 0.3) is 0 Å². The zero-order valence-electron chi connectivity index (χ0n) is 2.79. The molecule has 0 unspecified atom stereocenters. The lowest BCUT2D eigenvalue weighted by atomic mass is 10.1. The molecule has 0 saturated heterocycles. The Morgan fingerprint density at radius 1 is 2.00 bits per heavy atom. The molecule has 0 aliphatic rings. The second kappa shape index (κ2) is 3.54. The molecular formula is C2H6BBr. The highest BCUT2D eigenvalue weighted by Gasteiger charge is 1.64. The highest BCUT2D eigenvalue weighted by molar-refractivity contribution is 9.23. The maximum atomic E-state index is 3.25. The number of rotatable bonds is 1. The topological polar surface area (TPSA) is 0 Å². The van der Waals surface area contributed by atoms with Crippen molar-refractivity contribution in [3.8, 4) is 0 Å². The van der Waals surface area contributed by atoms with E-state index in [1.165, 1.54) is 6.32 Å². The molecular weight excluding hydrogens is 115 g/mol. The van der Waals surface area contributed by atoms with Crippen LogP contribution >= 0.6 is 15.8 Å². The van der Waals surface area contributed by atoms with Crippen molar-refractivity contribution in [2.75, 3.05) is 0 Å². The van der Waals surface area contributed by atoms with Gasteiger partial charge in [0.2, 0.25) is 6.10 Å². The Hall–Kier alpha value is 0.545. The Balaban J connectivity index is 1.97. The first-order valence-corrected chi connectivity index (χ1v) is 2.60. The summed E-state index contributed by atoms with van der Waals surface area (Å²) in [7, 11) is 0. The van der Waals surface area contributed by atoms with Gasteiger partial charge in [-0.2, -0.15) is 15.8 Å². The lowest BCUT2D eigenvalue weighted by molar-refractivity contribution is 1.48. The van der Waals surface area contributed by atoms with E-state index in [1.807, 2.05) is 0 Å². The summed E-state index contributed by atoms with van der Waals surface area (Å²) in [5, 5.41) is 0. The van der Waals surface area contributed by atoms with Crippen molar-refractivity contribution in [2.45, 2.75) is 13.2 Å². The number of hydrogen-bond acceptors (Lipinski definition) is 0. The van der Waals surface area contributed by atoms with Crippen molar-refractivity contribution in [3.63, 3.8) is 0 Å². The van der Waals surface area contributed by atoms with Gasteiger partial charge in [-0.15, -0.1) is 0 Å². The molecule has 0 aliphatic heterocycles. The van der Waals surface area contributed by atoms with Gasteiger partial charge in [0.05, 0.1) is 0 Å². The van der Waals surface area contributed by atoms with Crippen LogP contribution in [0.4, 0.5) is 0 Å². The van der Waals surface area contributed by atoms with Crippen molar-refractivity contribution in [3.05, 3.63) is 0 Å². The molecule has 0 fully saturated rings. The van der Waals surface area contributed by atoms with E-state index in [4.69, 9.17) is 0 Å². The van der Waals surface area contributed by atoms with E-state index in [0.29, 0.717) is 0 Å². The molecule has 0 bridgehead atoms. The van der Waals surface area contributed by atoms with E-state index < -0.39 is 0 Å². The predicted octanol–water partition coefficient (Wildman–Crippen LogP) is 1.17. The first-order valence-electron chi connectivity index (χ1n) is 1.47. The van der Waals surface area contributed by atoms with Crippen LogP contribution < -0.4 is 0 Å². The van der Waals surface area contributed by atoms with Gasteiger partial charge in [0.15, 0.2) is 0 Å². The van der Waals surface area contributed by atoms with Crippen LogP contribution in [-0.2, 0) is 0 Å². The van der Waals surface area contributed by atoms with Crippen LogP contribution in [0.1, 0.15) is 6.92 Å². The molecule has 0 nitrogen and oxygen atoms in total. The Labute approximate surface area is 35.8 Å². The maximum absolute atomic E-state index is 3.25. The van der Waals surface area contributed by atoms with E-state index >= 15 is 0 Å². The third-order valence-electron chi connectivity index (χ3n) is 0.189. The van der Waals surface area contributed by atoms with Crippen LogP contribution in [0, 0.1) is 0 Å². The van der Waals surface area contributed by atoms with Gasteiger partial charge in [-0.1, -0.05) is 13.2 Å². The second-order valence-electron chi connectivity index (χ2n) is 0.689. The van der Waals surface area contributed by atoms with Crippen molar-refractivity contribution in [1.82, 2.24) is 0 Å². The summed E-state index contributed by atoms with van der Waals surface area (Å²) in [6.45, 7) is 2.13. The SMILES string of the molecule is CCBBr. The Kier molecular flexibility index (Phi) is 4.03. The average Bonchev–Trinajstić information content (AvgIpc) is 1.37. The summed E-state index contributed by atoms with van der Waals surface area (Å²) in [4.78, 5) is 0. The summed E-state index contributed by atoms with van der Waals surface area (Å²) in [6.07, 6.45) is 2.37. The van der Waals surface area contributed by atoms with Crippen molar-refractivity contribution in [1.29, 1.82) is 0 Å². The van der Waals surface area contributed by atoms with Gasteiger partial charge in [0.1, 0.15) is 0 Å². The molecule has 0 N–H and O–H groups in total. The smallest absolute Gasteiger partial charge is 0.162 e. The zero-order valence-corrected chi connectivity index (χ0v) is 4.38. The fraction of sp³-hybridized carbons (Fsp3) is 1.00. The Bertz CT molecular complexity index is 8.00. The van der Waals surface area contributed by atoms with Crippen LogP contribution in [0.25, 0.3) is 0 Å². The summed E-state index contributed by atoms with van der Waals surface area (Å²) in [6, 6.07) is 0. The normalized spacial score (nSPS) is 6.50. The molecule has 0 saturated carbocycles. The molecule has 0 aromatic heterocycles. The molecule has 0 aromatic rings. The van der Waals surface area contributed by atoms with Crippen molar-refractivity contribution in [2.24, 2.45) is 0 Å². The molecule has 0 aromatic carbocycles. The van der Waals surface area contributed by atoms with E-state index in [-0.39, 0.29) is 0 Å². The quantitative estimate of drug-likeness (QED) is 0.456. The minimum Gasteiger partial charge on any atom is -0.162 e. The fourth-order valence-electron chi connectivity index (χ4n) is 0. The minimum atomic E-state index is 1.13. The largest absolute Gasteiger partial charge is 0.204 e. The molecule has 0 rings (SSSR count). The molecule has 0 heterocycles. The molecule has 0 spiro atoms. The van der Waals surface area contributed by atoms with Gasteiger partial charge in [-0.25, -0.2) is 0 Å². The fourth-order valence-corrected chi connectivity index (χ4v) is 0. The summed E-state index contributed by atoms with van der Waals surface area (Å²) in [5.74, 6) is 0. The highest BCUT2D eigenvalue weighted by Crippen LogP contribution is 1.77. The number of hydrogen-bond donors (Lipinski definition) is 0. The summed E-state index contributed by atoms with van der Waals surface area (Å²) in [5.41, 5.74) is 0. The molecule has 0 radical (unpaired) electrons. The molecule has 24 valence electrons. The van der Waals surface area contributed by atoms with Crippen molar-refractivity contribution < 1.29 is 0 Å². The first-order chi connectivity index (χ1) is 1.91. The van der Waals surface area contributed by atoms with E-state index in [0.717, 1.165) is 6.10 Å². The minimum absolute atomic E-state index is 1.13. The van der Waals surface area contributed by atoms with Crippen LogP contribution in [0.5, 0.6) is 0 Å². The Morgan fingerprint density at radius 3 is 2.25 bits per heavy atom. The molecule has 0 atom stereocenters. The van der Waals surface area contributed by atoms with Crippen LogP contribution in [0.15, 0.2) is 0 Å². The lowest BCUT2D eigenvalue weighted by Crippen LogP contribution is -1.60. The van der Waals surface area contributed by atoms with Gasteiger partial charge in [-0.3, -0.25) is 0 Å². The second-order valence-corrected chi connectivity index (χ2v) is 1.48. The van der Waals surface area contributed by atoms with Gasteiger partial charge < -0.3 is 0 Å². The van der Waals surface area contributed by atoms with Gasteiger partial charge >= 0.3 is 0 Å². The first kappa shape index (κ1) is 4.54. The summed E-state index contributed by atoms with van der Waals surface area (Å²) < 4.78 is 0. The van der Waals surface area contributed by atoms with E-state index in [1.54, 1.807) is 0 Å². The molecule has 0 amide bonds. The van der Waals surface area contributed by atoms with Crippen LogP contribution in [-0.4, -0.2) is 6.10 Å². The third-order valence-corrected chi connectivity index (χ3v) is 0.982. The molecule has 0 aliphatic carbocycles. The van der Waals surface area contributed by atoms with E-state index in [2.05, 4.69) is 22.7 Å². The van der Waals surface area contributed by atoms with Gasteiger partial charge in [0, 0.05) is 0 Å². The van der Waals surface area contributed by atoms with Crippen molar-refractivity contribution >= 4 is 21.9 Å².